The molecule has 0 bridgehead atoms. The summed E-state index contributed by atoms with van der Waals surface area (Å²) in [4.78, 5) is 1.36. The van der Waals surface area contributed by atoms with E-state index in [1.54, 1.807) is 0 Å². The first kappa shape index (κ1) is 31.8. The number of hydrogen-bond donors (Lipinski definition) is 0. The monoisotopic (exact) mass is 732 g/mol. The summed E-state index contributed by atoms with van der Waals surface area (Å²) in [7, 11) is 0. The number of thioether (sulfide) groups is 1. The number of fused-ring (bicyclic) bond motifs is 11. The smallest absolute Gasteiger partial charge is 0.0557 e. The lowest BCUT2D eigenvalue weighted by Crippen LogP contribution is -2.32. The van der Waals surface area contributed by atoms with E-state index in [-0.39, 0.29) is 10.7 Å². The van der Waals surface area contributed by atoms with Gasteiger partial charge in [0.1, 0.15) is 0 Å². The third kappa shape index (κ3) is 4.52. The van der Waals surface area contributed by atoms with Gasteiger partial charge in [-0.15, -0.1) is 11.8 Å². The summed E-state index contributed by atoms with van der Waals surface area (Å²) in [5.74, 6) is 0.140. The van der Waals surface area contributed by atoms with Crippen LogP contribution in [0.4, 0.5) is 0 Å². The first-order valence-corrected chi connectivity index (χ1v) is 20.3. The highest BCUT2D eigenvalue weighted by Crippen LogP contribution is 2.65. The van der Waals surface area contributed by atoms with Crippen LogP contribution in [0.25, 0.3) is 77.6 Å². The molecule has 2 unspecified atom stereocenters. The van der Waals surface area contributed by atoms with E-state index in [4.69, 9.17) is 0 Å². The Kier molecular flexibility index (Phi) is 6.79. The fourth-order valence-electron chi connectivity index (χ4n) is 9.86. The molecule has 2 nitrogen and oxygen atoms in total. The Bertz CT molecular complexity index is 3250. The second kappa shape index (κ2) is 12.0. The van der Waals surface area contributed by atoms with Gasteiger partial charge in [0.2, 0.25) is 0 Å². The van der Waals surface area contributed by atoms with Gasteiger partial charge >= 0.3 is 0 Å². The third-order valence-electron chi connectivity index (χ3n) is 12.3. The molecule has 8 aromatic carbocycles. The number of nitrogens with zero attached hydrogens (tertiary/aromatic N) is 2. The predicted molar refractivity (Wildman–Crippen MR) is 237 cm³/mol. The molecule has 56 heavy (non-hydrogen) atoms. The Morgan fingerprint density at radius 2 is 1.14 bits per heavy atom. The Morgan fingerprint density at radius 3 is 2.02 bits per heavy atom. The lowest BCUT2D eigenvalue weighted by Gasteiger charge is -2.38. The minimum atomic E-state index is -0.246. The van der Waals surface area contributed by atoms with Gasteiger partial charge in [-0.3, -0.25) is 0 Å². The van der Waals surface area contributed by atoms with E-state index in [2.05, 4.69) is 210 Å². The van der Waals surface area contributed by atoms with Crippen LogP contribution in [0.3, 0.4) is 0 Å². The molecule has 0 radical (unpaired) electrons. The van der Waals surface area contributed by atoms with Crippen molar-refractivity contribution in [2.75, 3.05) is 0 Å². The predicted octanol–water partition coefficient (Wildman–Crippen LogP) is 14.1. The van der Waals surface area contributed by atoms with Crippen molar-refractivity contribution in [2.45, 2.75) is 22.5 Å². The molecule has 0 amide bonds. The maximum absolute atomic E-state index is 2.57. The molecule has 2 atom stereocenters. The molecule has 1 aliphatic heterocycles. The molecule has 10 aromatic rings. The van der Waals surface area contributed by atoms with Gasteiger partial charge in [0.05, 0.1) is 21.3 Å². The van der Waals surface area contributed by atoms with Gasteiger partial charge < -0.3 is 9.13 Å². The van der Waals surface area contributed by atoms with Crippen molar-refractivity contribution in [3.63, 3.8) is 0 Å². The second-order valence-corrected chi connectivity index (χ2v) is 16.9. The highest BCUT2D eigenvalue weighted by molar-refractivity contribution is 8.01. The number of hydrogen-bond acceptors (Lipinski definition) is 1. The van der Waals surface area contributed by atoms with E-state index >= 15 is 0 Å². The topological polar surface area (TPSA) is 9.86 Å². The highest BCUT2D eigenvalue weighted by atomic mass is 32.2. The summed E-state index contributed by atoms with van der Waals surface area (Å²) in [5.41, 5.74) is 15.3. The van der Waals surface area contributed by atoms with Crippen LogP contribution in [0.15, 0.2) is 193 Å². The van der Waals surface area contributed by atoms with Crippen molar-refractivity contribution in [3.05, 3.63) is 210 Å². The highest BCUT2D eigenvalue weighted by Gasteiger charge is 2.51. The fourth-order valence-corrected chi connectivity index (χ4v) is 11.4. The average molecular weight is 733 g/mol. The summed E-state index contributed by atoms with van der Waals surface area (Å²) >= 11 is 2.03. The molecule has 3 heteroatoms. The van der Waals surface area contributed by atoms with Crippen LogP contribution in [0.1, 0.15) is 35.2 Å². The van der Waals surface area contributed by atoms with Gasteiger partial charge in [-0.2, -0.15) is 0 Å². The average Bonchev–Trinajstić information content (AvgIpc) is 3.88. The maximum atomic E-state index is 2.57. The van der Waals surface area contributed by atoms with E-state index in [1.807, 2.05) is 11.8 Å². The molecule has 2 aliphatic rings. The lowest BCUT2D eigenvalue weighted by molar-refractivity contribution is 0.666. The summed E-state index contributed by atoms with van der Waals surface area (Å²) in [6, 6.07) is 69.5. The van der Waals surface area contributed by atoms with E-state index in [0.717, 1.165) is 0 Å². The molecule has 2 aromatic heterocycles. The minimum Gasteiger partial charge on any atom is -0.312 e. The van der Waals surface area contributed by atoms with Gasteiger partial charge in [-0.25, -0.2) is 0 Å². The van der Waals surface area contributed by atoms with Gasteiger partial charge in [0, 0.05) is 49.6 Å². The van der Waals surface area contributed by atoms with E-state index in [0.29, 0.717) is 0 Å². The number of para-hydroxylation sites is 2. The number of benzene rings is 8. The van der Waals surface area contributed by atoms with Crippen molar-refractivity contribution in [3.8, 4) is 22.5 Å². The van der Waals surface area contributed by atoms with Crippen LogP contribution in [-0.4, -0.2) is 13.9 Å². The third-order valence-corrected chi connectivity index (χ3v) is 13.8. The molecule has 3 heterocycles. The van der Waals surface area contributed by atoms with Crippen LogP contribution in [-0.2, 0) is 0 Å². The molecule has 264 valence electrons. The molecule has 0 saturated carbocycles. The zero-order valence-electron chi connectivity index (χ0n) is 30.9. The van der Waals surface area contributed by atoms with E-state index in [1.165, 1.54) is 98.8 Å². The van der Waals surface area contributed by atoms with Gasteiger partial charge in [-0.1, -0.05) is 133 Å². The molecule has 12 rings (SSSR count). The molecule has 0 N–H and O–H groups in total. The maximum Gasteiger partial charge on any atom is 0.0557 e. The first-order valence-electron chi connectivity index (χ1n) is 19.5. The zero-order chi connectivity index (χ0) is 37.0. The van der Waals surface area contributed by atoms with Gasteiger partial charge in [0.25, 0.3) is 0 Å². The van der Waals surface area contributed by atoms with Crippen LogP contribution in [0.5, 0.6) is 0 Å². The van der Waals surface area contributed by atoms with Gasteiger partial charge in [0.15, 0.2) is 0 Å². The number of rotatable bonds is 4. The van der Waals surface area contributed by atoms with Crippen LogP contribution < -0.4 is 0 Å². The van der Waals surface area contributed by atoms with Crippen LogP contribution in [0.2, 0.25) is 0 Å². The first-order chi connectivity index (χ1) is 27.6. The fraction of sp³-hybridized carbons (Fsp3) is 0.0566. The summed E-state index contributed by atoms with van der Waals surface area (Å²) in [6.07, 6.45) is 2.54. The normalized spacial score (nSPS) is 17.3. The Labute approximate surface area is 330 Å². The zero-order valence-corrected chi connectivity index (χ0v) is 31.7. The SMILES string of the molecule is CC12Sc3ccccc3C1c1c(c3ccccc3n1-c1cccc(-c3ccccc3)c1)C=C2c1ccc2c(c1)c1ccccc1n2-c1ccc2ccccc2c1. The van der Waals surface area contributed by atoms with Crippen LogP contribution >= 0.6 is 11.8 Å². The van der Waals surface area contributed by atoms with Crippen molar-refractivity contribution in [1.82, 2.24) is 9.13 Å². The summed E-state index contributed by atoms with van der Waals surface area (Å²) < 4.78 is 4.76. The standard InChI is InChI=1S/C53H36N2S/c1-53-46(38-27-29-49-44(32-38)41-20-7-10-23-47(41)54(49)40-28-26-35-16-5-6-17-36(35)31-40)33-45-42-21-8-11-24-48(42)55(52(45)51(53)43-22-9-12-25-50(43)56-53)39-19-13-18-37(30-39)34-14-3-2-4-15-34/h2-33,51H,1H3. The molecule has 0 saturated heterocycles. The van der Waals surface area contributed by atoms with Crippen molar-refractivity contribution in [1.29, 1.82) is 0 Å². The largest absolute Gasteiger partial charge is 0.312 e. The summed E-state index contributed by atoms with van der Waals surface area (Å²) in [6.45, 7) is 2.49. The van der Waals surface area contributed by atoms with Crippen LogP contribution in [0, 0.1) is 0 Å². The van der Waals surface area contributed by atoms with Crippen molar-refractivity contribution < 1.29 is 0 Å². The second-order valence-electron chi connectivity index (χ2n) is 15.4. The Hall–Kier alpha value is -6.55. The summed E-state index contributed by atoms with van der Waals surface area (Å²) in [5, 5.41) is 6.34. The molecule has 1 aliphatic carbocycles. The van der Waals surface area contributed by atoms with Crippen molar-refractivity contribution >= 4 is 66.9 Å². The Balaban J connectivity index is 1.11. The number of aromatic nitrogens is 2. The minimum absolute atomic E-state index is 0.140. The molecular formula is C53H36N2S. The van der Waals surface area contributed by atoms with E-state index in [9.17, 15) is 0 Å². The quantitative estimate of drug-likeness (QED) is 0.175. The molecule has 0 fully saturated rings. The Morgan fingerprint density at radius 1 is 0.464 bits per heavy atom. The molecule has 0 spiro atoms. The molecular weight excluding hydrogens is 697 g/mol. The van der Waals surface area contributed by atoms with E-state index < -0.39 is 0 Å². The lowest BCUT2D eigenvalue weighted by atomic mass is 9.72. The van der Waals surface area contributed by atoms with Crippen molar-refractivity contribution in [2.24, 2.45) is 0 Å². The van der Waals surface area contributed by atoms with Gasteiger partial charge in [-0.05, 0) is 106 Å².